The van der Waals surface area contributed by atoms with Crippen LogP contribution in [0.2, 0.25) is 0 Å². The lowest BCUT2D eigenvalue weighted by atomic mass is 10.1. The van der Waals surface area contributed by atoms with Crippen molar-refractivity contribution >= 4 is 17.1 Å². The number of fused-ring (bicyclic) bond motifs is 1. The molecule has 2 aromatic heterocycles. The minimum Gasteiger partial charge on any atom is -0.437 e. The van der Waals surface area contributed by atoms with Crippen molar-refractivity contribution in [3.8, 4) is 29.5 Å². The van der Waals surface area contributed by atoms with Gasteiger partial charge < -0.3 is 19.4 Å². The summed E-state index contributed by atoms with van der Waals surface area (Å²) in [6.07, 6.45) is 0.560. The third kappa shape index (κ3) is 5.29. The predicted octanol–water partition coefficient (Wildman–Crippen LogP) is 5.41. The van der Waals surface area contributed by atoms with Crippen molar-refractivity contribution in [1.82, 2.24) is 24.8 Å². The number of ether oxygens (including phenoxy) is 2. The van der Waals surface area contributed by atoms with Gasteiger partial charge >= 0.3 is 6.01 Å². The molecule has 38 heavy (non-hydrogen) atoms. The molecule has 0 aliphatic rings. The van der Waals surface area contributed by atoms with Crippen molar-refractivity contribution in [3.63, 3.8) is 0 Å². The number of amides is 1. The highest BCUT2D eigenvalue weighted by Crippen LogP contribution is 2.32. The molecule has 0 spiro atoms. The molecule has 0 fully saturated rings. The first-order valence-corrected chi connectivity index (χ1v) is 11.9. The van der Waals surface area contributed by atoms with E-state index in [0.717, 1.165) is 11.1 Å². The second-order valence-electron chi connectivity index (χ2n) is 8.88. The average molecular weight is 505 g/mol. The van der Waals surface area contributed by atoms with Crippen molar-refractivity contribution in [2.75, 3.05) is 14.1 Å². The number of nitriles is 1. The molecule has 0 aliphatic carbocycles. The standard InChI is InChI=1S/C29H24N6O3/c1-18-12-13-20(17-30)14-23(18)38-27-25-26(32-24(31-25)15-19-8-5-4-6-9-19)33-29(34-27)37-22-11-7-10-21(16-22)28(36)35(2)3/h4-14,16H,15H2,1-3H3,(H,31,32,33,34). The Kier molecular flexibility index (Phi) is 6.70. The summed E-state index contributed by atoms with van der Waals surface area (Å²) in [6, 6.07) is 24.0. The number of carbonyl (C=O) groups is 1. The number of nitrogens with zero attached hydrogens (tertiary/aromatic N) is 5. The zero-order valence-corrected chi connectivity index (χ0v) is 21.1. The molecule has 0 unspecified atom stereocenters. The third-order valence-corrected chi connectivity index (χ3v) is 5.78. The number of benzene rings is 3. The van der Waals surface area contributed by atoms with Crippen LogP contribution in [-0.2, 0) is 6.42 Å². The highest BCUT2D eigenvalue weighted by molar-refractivity contribution is 5.94. The number of aryl methyl sites for hydroxylation is 1. The van der Waals surface area contributed by atoms with Crippen molar-refractivity contribution in [1.29, 1.82) is 5.26 Å². The monoisotopic (exact) mass is 504 g/mol. The van der Waals surface area contributed by atoms with Gasteiger partial charge in [-0.3, -0.25) is 4.79 Å². The molecule has 3 aromatic carbocycles. The van der Waals surface area contributed by atoms with Crippen LogP contribution in [-0.4, -0.2) is 44.8 Å². The fourth-order valence-corrected chi connectivity index (χ4v) is 3.83. The Hall–Kier alpha value is -5.23. The number of nitrogens with one attached hydrogen (secondary N) is 1. The molecular formula is C29H24N6O3. The quantitative estimate of drug-likeness (QED) is 0.315. The van der Waals surface area contributed by atoms with Gasteiger partial charge in [-0.15, -0.1) is 0 Å². The van der Waals surface area contributed by atoms with Crippen LogP contribution in [0.4, 0.5) is 0 Å². The van der Waals surface area contributed by atoms with Crippen molar-refractivity contribution < 1.29 is 14.3 Å². The van der Waals surface area contributed by atoms with E-state index in [2.05, 4.69) is 26.0 Å². The summed E-state index contributed by atoms with van der Waals surface area (Å²) >= 11 is 0. The van der Waals surface area contributed by atoms with Crippen LogP contribution in [0.1, 0.15) is 32.9 Å². The number of aromatic nitrogens is 4. The number of aromatic amines is 1. The Bertz CT molecular complexity index is 1670. The van der Waals surface area contributed by atoms with Gasteiger partial charge in [0.1, 0.15) is 22.8 Å². The molecule has 9 heteroatoms. The largest absolute Gasteiger partial charge is 0.437 e. The average Bonchev–Trinajstić information content (AvgIpc) is 3.32. The van der Waals surface area contributed by atoms with Gasteiger partial charge in [0, 0.05) is 26.1 Å². The first kappa shape index (κ1) is 24.5. The molecule has 0 bridgehead atoms. The van der Waals surface area contributed by atoms with Gasteiger partial charge in [-0.1, -0.05) is 42.5 Å². The van der Waals surface area contributed by atoms with E-state index < -0.39 is 0 Å². The van der Waals surface area contributed by atoms with Gasteiger partial charge in [0.25, 0.3) is 11.8 Å². The maximum absolute atomic E-state index is 12.4. The third-order valence-electron chi connectivity index (χ3n) is 5.78. The number of rotatable bonds is 7. The molecule has 1 amide bonds. The summed E-state index contributed by atoms with van der Waals surface area (Å²) in [6.45, 7) is 1.88. The second kappa shape index (κ2) is 10.4. The number of imidazole rings is 1. The Morgan fingerprint density at radius 2 is 1.79 bits per heavy atom. The summed E-state index contributed by atoms with van der Waals surface area (Å²) in [7, 11) is 3.37. The van der Waals surface area contributed by atoms with Gasteiger partial charge in [0.15, 0.2) is 5.65 Å². The van der Waals surface area contributed by atoms with E-state index in [9.17, 15) is 10.1 Å². The lowest BCUT2D eigenvalue weighted by Crippen LogP contribution is -2.21. The molecule has 0 radical (unpaired) electrons. The fraction of sp³-hybridized carbons (Fsp3) is 0.138. The number of hydrogen-bond acceptors (Lipinski definition) is 7. The number of H-pyrrole nitrogens is 1. The minimum absolute atomic E-state index is 0.00815. The van der Waals surface area contributed by atoms with Gasteiger partial charge in [-0.25, -0.2) is 4.98 Å². The number of carbonyl (C=O) groups excluding carboxylic acids is 1. The summed E-state index contributed by atoms with van der Waals surface area (Å²) < 4.78 is 12.1. The van der Waals surface area contributed by atoms with Crippen LogP contribution in [0, 0.1) is 18.3 Å². The lowest BCUT2D eigenvalue weighted by Gasteiger charge is -2.12. The van der Waals surface area contributed by atoms with E-state index in [4.69, 9.17) is 9.47 Å². The zero-order valence-electron chi connectivity index (χ0n) is 21.1. The van der Waals surface area contributed by atoms with Crippen LogP contribution in [0.25, 0.3) is 11.2 Å². The molecule has 1 N–H and O–H groups in total. The SMILES string of the molecule is Cc1ccc(C#N)cc1Oc1nc(Oc2cccc(C(=O)N(C)C)c2)nc2nc(Cc3ccccc3)[nH]c12. The van der Waals surface area contributed by atoms with Crippen LogP contribution in [0.3, 0.4) is 0 Å². The van der Waals surface area contributed by atoms with Crippen molar-refractivity contribution in [2.24, 2.45) is 0 Å². The molecule has 0 saturated carbocycles. The number of hydrogen-bond donors (Lipinski definition) is 1. The highest BCUT2D eigenvalue weighted by atomic mass is 16.5. The summed E-state index contributed by atoms with van der Waals surface area (Å²) in [5.41, 5.74) is 3.71. The van der Waals surface area contributed by atoms with E-state index in [1.165, 1.54) is 4.90 Å². The van der Waals surface area contributed by atoms with Crippen LogP contribution < -0.4 is 9.47 Å². The first-order valence-electron chi connectivity index (χ1n) is 11.9. The Morgan fingerprint density at radius 3 is 2.55 bits per heavy atom. The molecule has 5 rings (SSSR count). The molecule has 0 atom stereocenters. The molecule has 0 aliphatic heterocycles. The van der Waals surface area contributed by atoms with E-state index in [1.54, 1.807) is 50.5 Å². The molecule has 5 aromatic rings. The van der Waals surface area contributed by atoms with Crippen LogP contribution in [0.15, 0.2) is 72.8 Å². The maximum atomic E-state index is 12.4. The first-order chi connectivity index (χ1) is 18.4. The fourth-order valence-electron chi connectivity index (χ4n) is 3.83. The van der Waals surface area contributed by atoms with Crippen molar-refractivity contribution in [2.45, 2.75) is 13.3 Å². The highest BCUT2D eigenvalue weighted by Gasteiger charge is 2.18. The molecule has 0 saturated heterocycles. The van der Waals surface area contributed by atoms with Gasteiger partial charge in [0.2, 0.25) is 0 Å². The van der Waals surface area contributed by atoms with E-state index >= 15 is 0 Å². The molecule has 9 nitrogen and oxygen atoms in total. The normalized spacial score (nSPS) is 10.7. The van der Waals surface area contributed by atoms with E-state index in [-0.39, 0.29) is 17.8 Å². The van der Waals surface area contributed by atoms with Crippen LogP contribution >= 0.6 is 0 Å². The van der Waals surface area contributed by atoms with Crippen LogP contribution in [0.5, 0.6) is 23.4 Å². The molecular weight excluding hydrogens is 480 g/mol. The van der Waals surface area contributed by atoms with Gasteiger partial charge in [-0.05, 0) is 48.4 Å². The van der Waals surface area contributed by atoms with E-state index in [1.807, 2.05) is 43.3 Å². The maximum Gasteiger partial charge on any atom is 0.327 e. The Balaban J connectivity index is 1.55. The smallest absolute Gasteiger partial charge is 0.327 e. The van der Waals surface area contributed by atoms with Crippen molar-refractivity contribution in [3.05, 3.63) is 101 Å². The lowest BCUT2D eigenvalue weighted by molar-refractivity contribution is 0.0827. The predicted molar refractivity (Wildman–Crippen MR) is 141 cm³/mol. The summed E-state index contributed by atoms with van der Waals surface area (Å²) in [5, 5.41) is 9.34. The van der Waals surface area contributed by atoms with Gasteiger partial charge in [-0.2, -0.15) is 15.2 Å². The topological polar surface area (TPSA) is 117 Å². The second-order valence-corrected chi connectivity index (χ2v) is 8.88. The Labute approximate surface area is 219 Å². The summed E-state index contributed by atoms with van der Waals surface area (Å²) in [5.74, 6) is 1.61. The summed E-state index contributed by atoms with van der Waals surface area (Å²) in [4.78, 5) is 30.8. The minimum atomic E-state index is -0.151. The zero-order chi connectivity index (χ0) is 26.6. The molecule has 2 heterocycles. The molecule has 188 valence electrons. The van der Waals surface area contributed by atoms with E-state index in [0.29, 0.717) is 46.0 Å². The Morgan fingerprint density at radius 1 is 0.974 bits per heavy atom. The van der Waals surface area contributed by atoms with Gasteiger partial charge in [0.05, 0.1) is 11.6 Å².